The highest BCUT2D eigenvalue weighted by Crippen LogP contribution is 2.31. The van der Waals surface area contributed by atoms with Crippen LogP contribution in [0.4, 0.5) is 11.5 Å². The fourth-order valence-electron chi connectivity index (χ4n) is 2.69. The number of nitrogens with zero attached hydrogens (tertiary/aromatic N) is 2. The predicted octanol–water partition coefficient (Wildman–Crippen LogP) is 0.603. The minimum Gasteiger partial charge on any atom is -0.465 e. The lowest BCUT2D eigenvalue weighted by Gasteiger charge is -2.16. The van der Waals surface area contributed by atoms with E-state index in [0.717, 1.165) is 29.9 Å². The largest absolute Gasteiger partial charge is 0.465 e. The maximum atomic E-state index is 12.6. The number of benzene rings is 1. The molecule has 1 aliphatic rings. The summed E-state index contributed by atoms with van der Waals surface area (Å²) in [6.45, 7) is 0. The van der Waals surface area contributed by atoms with Gasteiger partial charge in [-0.15, -0.1) is 0 Å². The summed E-state index contributed by atoms with van der Waals surface area (Å²) in [5.74, 6) is -2.88. The Labute approximate surface area is 163 Å². The van der Waals surface area contributed by atoms with Gasteiger partial charge in [0, 0.05) is 21.8 Å². The number of ether oxygens (including phenoxy) is 1. The van der Waals surface area contributed by atoms with Crippen LogP contribution in [0.15, 0.2) is 23.0 Å². The van der Waals surface area contributed by atoms with Gasteiger partial charge in [-0.3, -0.25) is 34.4 Å². The number of pyridine rings is 1. The molecule has 2 heterocycles. The number of nitrogens with one attached hydrogen (secondary N) is 1. The first-order valence-electron chi connectivity index (χ1n) is 7.15. The van der Waals surface area contributed by atoms with Gasteiger partial charge in [0.15, 0.2) is 0 Å². The number of halogens is 1. The highest BCUT2D eigenvalue weighted by molar-refractivity contribution is 14.1. The Morgan fingerprint density at radius 2 is 1.93 bits per heavy atom. The molecule has 1 aromatic heterocycles. The molecule has 0 unspecified atom stereocenters. The smallest absolute Gasteiger partial charge is 0.340 e. The molecule has 1 aliphatic heterocycles. The molecule has 0 saturated carbocycles. The SMILES string of the molecule is COC(=O)c1cc([N+](=O)[O-])cc(I)c1-n1c(N)c2c(cc1=O)C(=O)NC2=O. The molecule has 0 bridgehead atoms. The van der Waals surface area contributed by atoms with E-state index in [0.29, 0.717) is 0 Å². The number of fused-ring (bicyclic) bond motifs is 1. The van der Waals surface area contributed by atoms with Gasteiger partial charge in [-0.1, -0.05) is 0 Å². The van der Waals surface area contributed by atoms with Gasteiger partial charge < -0.3 is 10.5 Å². The molecular formula is C15H9IN4O7. The number of esters is 1. The van der Waals surface area contributed by atoms with Crippen molar-refractivity contribution in [3.63, 3.8) is 0 Å². The average molecular weight is 484 g/mol. The molecule has 3 rings (SSSR count). The second-order valence-electron chi connectivity index (χ2n) is 5.35. The lowest BCUT2D eigenvalue weighted by molar-refractivity contribution is -0.385. The molecule has 0 atom stereocenters. The van der Waals surface area contributed by atoms with Gasteiger partial charge in [0.2, 0.25) is 0 Å². The van der Waals surface area contributed by atoms with Gasteiger partial charge in [0.1, 0.15) is 5.82 Å². The second-order valence-corrected chi connectivity index (χ2v) is 6.51. The van der Waals surface area contributed by atoms with Crippen LogP contribution in [0.2, 0.25) is 0 Å². The number of nitrogen functional groups attached to an aromatic ring is 1. The van der Waals surface area contributed by atoms with Gasteiger partial charge in [-0.25, -0.2) is 4.79 Å². The number of nitro benzene ring substituents is 1. The molecule has 2 amide bonds. The maximum absolute atomic E-state index is 12.6. The van der Waals surface area contributed by atoms with E-state index in [2.05, 4.69) is 4.74 Å². The molecule has 138 valence electrons. The van der Waals surface area contributed by atoms with E-state index < -0.39 is 34.0 Å². The molecule has 27 heavy (non-hydrogen) atoms. The summed E-state index contributed by atoms with van der Waals surface area (Å²) < 4.78 is 5.63. The second kappa shape index (κ2) is 6.46. The third-order valence-electron chi connectivity index (χ3n) is 3.84. The number of anilines is 1. The van der Waals surface area contributed by atoms with Crippen molar-refractivity contribution in [2.75, 3.05) is 12.8 Å². The highest BCUT2D eigenvalue weighted by Gasteiger charge is 2.33. The molecule has 0 fully saturated rings. The van der Waals surface area contributed by atoms with E-state index in [-0.39, 0.29) is 31.8 Å². The highest BCUT2D eigenvalue weighted by atomic mass is 127. The number of nitrogens with two attached hydrogens (primary N) is 1. The Bertz CT molecular complexity index is 1120. The van der Waals surface area contributed by atoms with Crippen LogP contribution in [0.3, 0.4) is 0 Å². The monoisotopic (exact) mass is 484 g/mol. The predicted molar refractivity (Wildman–Crippen MR) is 99.0 cm³/mol. The summed E-state index contributed by atoms with van der Waals surface area (Å²) in [6, 6.07) is 2.98. The number of nitro groups is 1. The molecule has 0 saturated heterocycles. The minimum absolute atomic E-state index is 0.0921. The van der Waals surface area contributed by atoms with E-state index in [1.807, 2.05) is 5.32 Å². The Balaban J connectivity index is 2.42. The van der Waals surface area contributed by atoms with E-state index in [1.54, 1.807) is 22.6 Å². The topological polar surface area (TPSA) is 164 Å². The number of carbonyl (C=O) groups is 3. The lowest BCUT2D eigenvalue weighted by atomic mass is 10.1. The van der Waals surface area contributed by atoms with Crippen molar-refractivity contribution in [3.05, 3.63) is 58.9 Å². The Morgan fingerprint density at radius 3 is 2.52 bits per heavy atom. The zero-order valence-corrected chi connectivity index (χ0v) is 15.6. The molecule has 0 spiro atoms. The Kier molecular flexibility index (Phi) is 4.43. The summed E-state index contributed by atoms with van der Waals surface area (Å²) in [4.78, 5) is 58.9. The van der Waals surface area contributed by atoms with E-state index in [1.165, 1.54) is 0 Å². The van der Waals surface area contributed by atoms with Crippen LogP contribution in [-0.4, -0.2) is 34.4 Å². The number of rotatable bonds is 3. The number of non-ortho nitro benzene ring substituents is 1. The van der Waals surface area contributed by atoms with Gasteiger partial charge in [-0.05, 0) is 22.6 Å². The van der Waals surface area contributed by atoms with E-state index >= 15 is 0 Å². The normalized spacial score (nSPS) is 12.5. The third kappa shape index (κ3) is 2.83. The van der Waals surface area contributed by atoms with Crippen LogP contribution in [-0.2, 0) is 4.74 Å². The summed E-state index contributed by atoms with van der Waals surface area (Å²) in [6.07, 6.45) is 0. The minimum atomic E-state index is -0.945. The van der Waals surface area contributed by atoms with Crippen molar-refractivity contribution in [3.8, 4) is 5.69 Å². The summed E-state index contributed by atoms with van der Waals surface area (Å²) in [7, 11) is 1.07. The number of amides is 2. The van der Waals surface area contributed by atoms with E-state index in [9.17, 15) is 29.3 Å². The number of imide groups is 1. The van der Waals surface area contributed by atoms with Crippen molar-refractivity contribution >= 4 is 51.9 Å². The van der Waals surface area contributed by atoms with Crippen molar-refractivity contribution in [2.24, 2.45) is 0 Å². The number of hydrogen-bond acceptors (Lipinski definition) is 8. The first-order chi connectivity index (χ1) is 12.7. The van der Waals surface area contributed by atoms with Crippen LogP contribution in [0.25, 0.3) is 5.69 Å². The van der Waals surface area contributed by atoms with Crippen LogP contribution in [0.5, 0.6) is 0 Å². The molecule has 2 aromatic rings. The Morgan fingerprint density at radius 1 is 1.26 bits per heavy atom. The van der Waals surface area contributed by atoms with Crippen LogP contribution in [0.1, 0.15) is 31.1 Å². The first kappa shape index (κ1) is 18.5. The lowest BCUT2D eigenvalue weighted by Crippen LogP contribution is -2.26. The zero-order valence-electron chi connectivity index (χ0n) is 13.4. The molecule has 0 radical (unpaired) electrons. The standard InChI is InChI=1S/C15H9IN4O7/c1-27-15(24)7-2-5(20(25)26)3-8(16)11(7)19-9(21)4-6-10(12(19)17)14(23)18-13(6)22/h2-4H,17H2,1H3,(H,18,22,23). The quantitative estimate of drug-likeness (QED) is 0.210. The van der Waals surface area contributed by atoms with Gasteiger partial charge in [-0.2, -0.15) is 0 Å². The Hall–Kier alpha value is -3.29. The molecule has 1 aromatic carbocycles. The fraction of sp³-hybridized carbons (Fsp3) is 0.0667. The summed E-state index contributed by atoms with van der Waals surface area (Å²) in [5.41, 5.74) is 3.97. The number of aromatic nitrogens is 1. The maximum Gasteiger partial charge on any atom is 0.340 e. The fourth-order valence-corrected chi connectivity index (χ4v) is 3.54. The van der Waals surface area contributed by atoms with Crippen molar-refractivity contribution in [1.29, 1.82) is 0 Å². The zero-order chi connectivity index (χ0) is 20.0. The first-order valence-corrected chi connectivity index (χ1v) is 8.23. The van der Waals surface area contributed by atoms with Crippen LogP contribution < -0.4 is 16.6 Å². The molecule has 11 nitrogen and oxygen atoms in total. The third-order valence-corrected chi connectivity index (χ3v) is 4.66. The average Bonchev–Trinajstić information content (AvgIpc) is 2.88. The van der Waals surface area contributed by atoms with Gasteiger partial charge in [0.05, 0.1) is 34.4 Å². The van der Waals surface area contributed by atoms with Crippen LogP contribution in [0, 0.1) is 13.7 Å². The molecule has 12 heteroatoms. The summed E-state index contributed by atoms with van der Waals surface area (Å²) in [5, 5.41) is 13.1. The summed E-state index contributed by atoms with van der Waals surface area (Å²) >= 11 is 1.69. The number of methoxy groups -OCH3 is 1. The molecule has 3 N–H and O–H groups in total. The van der Waals surface area contributed by atoms with Gasteiger partial charge in [0.25, 0.3) is 23.1 Å². The van der Waals surface area contributed by atoms with Crippen molar-refractivity contribution in [2.45, 2.75) is 0 Å². The van der Waals surface area contributed by atoms with Crippen molar-refractivity contribution in [1.82, 2.24) is 9.88 Å². The van der Waals surface area contributed by atoms with Gasteiger partial charge >= 0.3 is 5.97 Å². The number of carbonyl (C=O) groups excluding carboxylic acids is 3. The molecular weight excluding hydrogens is 475 g/mol. The molecule has 0 aliphatic carbocycles. The van der Waals surface area contributed by atoms with E-state index in [4.69, 9.17) is 5.73 Å². The van der Waals surface area contributed by atoms with Crippen LogP contribution >= 0.6 is 22.6 Å². The van der Waals surface area contributed by atoms with Crippen molar-refractivity contribution < 1.29 is 24.0 Å². The number of hydrogen-bond donors (Lipinski definition) is 2.